The molecule has 2 aliphatic rings. The fourth-order valence-corrected chi connectivity index (χ4v) is 5.36. The average molecular weight is 503 g/mol. The quantitative estimate of drug-likeness (QED) is 0.390. The van der Waals surface area contributed by atoms with Gasteiger partial charge in [-0.05, 0) is 41.3 Å². The van der Waals surface area contributed by atoms with E-state index in [1.165, 1.54) is 4.90 Å². The van der Waals surface area contributed by atoms with Crippen LogP contribution in [0.1, 0.15) is 31.8 Å². The fraction of sp³-hybridized carbons (Fsp3) is 0.308. The van der Waals surface area contributed by atoms with Crippen LogP contribution in [0.15, 0.2) is 83.3 Å². The molecule has 0 amide bonds. The first-order valence-corrected chi connectivity index (χ1v) is 11.3. The zero-order chi connectivity index (χ0) is 24.1. The van der Waals surface area contributed by atoms with Gasteiger partial charge in [-0.3, -0.25) is 4.90 Å². The van der Waals surface area contributed by atoms with E-state index in [4.69, 9.17) is 1.37 Å². The molecule has 6 heteroatoms. The van der Waals surface area contributed by atoms with Gasteiger partial charge in [-0.15, -0.1) is 0 Å². The minimum atomic E-state index is -4.48. The minimum Gasteiger partial charge on any atom is -0.365 e. The number of benzene rings is 3. The van der Waals surface area contributed by atoms with Crippen LogP contribution in [0, 0.1) is 0 Å². The maximum atomic E-state index is 13.8. The lowest BCUT2D eigenvalue weighted by atomic mass is 9.76. The highest BCUT2D eigenvalue weighted by molar-refractivity contribution is 9.10. The normalized spacial score (nSPS) is 28.6. The maximum Gasteiger partial charge on any atom is 0.401 e. The first-order valence-electron chi connectivity index (χ1n) is 11.7. The zero-order valence-electron chi connectivity index (χ0n) is 19.3. The monoisotopic (exact) mass is 502 g/mol. The second-order valence-electron chi connectivity index (χ2n) is 8.35. The van der Waals surface area contributed by atoms with Gasteiger partial charge >= 0.3 is 6.18 Å². The van der Waals surface area contributed by atoms with Crippen LogP contribution >= 0.6 is 15.9 Å². The van der Waals surface area contributed by atoms with Gasteiger partial charge in [0.1, 0.15) is 0 Å². The molecule has 4 atom stereocenters. The molecule has 0 aliphatic carbocycles. The summed E-state index contributed by atoms with van der Waals surface area (Å²) in [6.45, 7) is -2.91. The maximum absolute atomic E-state index is 13.8. The van der Waals surface area contributed by atoms with E-state index in [0.717, 1.165) is 21.3 Å². The van der Waals surface area contributed by atoms with Crippen molar-refractivity contribution in [1.29, 1.82) is 0 Å². The number of fused-ring (bicyclic) bond motifs is 2. The van der Waals surface area contributed by atoms with Gasteiger partial charge in [-0.1, -0.05) is 76.6 Å². The van der Waals surface area contributed by atoms with Crippen molar-refractivity contribution < 1.29 is 15.9 Å². The molecule has 0 radical (unpaired) electrons. The molecule has 2 heterocycles. The van der Waals surface area contributed by atoms with E-state index in [-0.39, 0.29) is 6.42 Å². The molecule has 0 saturated carbocycles. The van der Waals surface area contributed by atoms with Crippen molar-refractivity contribution in [3.05, 3.63) is 100 Å². The minimum absolute atomic E-state index is 0.223. The molecule has 0 N–H and O–H groups in total. The molecule has 2 aliphatic heterocycles. The summed E-state index contributed by atoms with van der Waals surface area (Å²) in [4.78, 5) is 3.11. The lowest BCUT2D eigenvalue weighted by molar-refractivity contribution is -0.155. The number of likely N-dealkylation sites (tertiary alicyclic amines) is 1. The molecule has 5 rings (SSSR count). The number of anilines is 1. The Morgan fingerprint density at radius 2 is 1.66 bits per heavy atom. The molecule has 3 aromatic carbocycles. The highest BCUT2D eigenvalue weighted by Gasteiger charge is 2.57. The predicted octanol–water partition coefficient (Wildman–Crippen LogP) is 6.72. The molecule has 2 nitrogen and oxygen atoms in total. The lowest BCUT2D eigenvalue weighted by Crippen LogP contribution is -2.50. The molecular weight excluding hydrogens is 477 g/mol. The molecule has 3 aromatic rings. The van der Waals surface area contributed by atoms with Crippen LogP contribution < -0.4 is 4.90 Å². The smallest absolute Gasteiger partial charge is 0.365 e. The van der Waals surface area contributed by atoms with Crippen LogP contribution in [-0.4, -0.2) is 30.7 Å². The Hall–Kier alpha value is -2.31. The number of hydrogen-bond donors (Lipinski definition) is 0. The number of rotatable bonds is 4. The Morgan fingerprint density at radius 3 is 2.38 bits per heavy atom. The molecule has 0 aromatic heterocycles. The molecule has 166 valence electrons. The van der Waals surface area contributed by atoms with Gasteiger partial charge in [0.25, 0.3) is 0 Å². The molecular formula is C26H24BrF3N2. The Balaban J connectivity index is 1.69. The molecule has 32 heavy (non-hydrogen) atoms. The lowest BCUT2D eigenvalue weighted by Gasteiger charge is -2.41. The Morgan fingerprint density at radius 1 is 0.969 bits per heavy atom. The van der Waals surface area contributed by atoms with Crippen molar-refractivity contribution in [3.63, 3.8) is 0 Å². The average Bonchev–Trinajstić information content (AvgIpc) is 3.22. The van der Waals surface area contributed by atoms with Crippen LogP contribution in [0.3, 0.4) is 0 Å². The molecule has 1 spiro atoms. The second-order valence-corrected chi connectivity index (χ2v) is 9.27. The number of alkyl halides is 3. The molecule has 0 bridgehead atoms. The summed E-state index contributed by atoms with van der Waals surface area (Å²) in [5, 5.41) is 0. The van der Waals surface area contributed by atoms with E-state index >= 15 is 0 Å². The summed E-state index contributed by atoms with van der Waals surface area (Å²) in [5.41, 5.74) is 1.97. The van der Waals surface area contributed by atoms with Gasteiger partial charge < -0.3 is 4.90 Å². The predicted molar refractivity (Wildman–Crippen MR) is 125 cm³/mol. The van der Waals surface area contributed by atoms with Crippen LogP contribution in [0.4, 0.5) is 18.9 Å². The van der Waals surface area contributed by atoms with E-state index in [0.29, 0.717) is 12.1 Å². The van der Waals surface area contributed by atoms with Crippen LogP contribution in [0.5, 0.6) is 0 Å². The van der Waals surface area contributed by atoms with Crippen molar-refractivity contribution in [2.75, 3.05) is 24.5 Å². The molecule has 2 unspecified atom stereocenters. The van der Waals surface area contributed by atoms with Crippen LogP contribution in [0.25, 0.3) is 0 Å². The summed E-state index contributed by atoms with van der Waals surface area (Å²) in [6, 6.07) is 24.6. The van der Waals surface area contributed by atoms with Crippen molar-refractivity contribution >= 4 is 21.6 Å². The first kappa shape index (κ1) is 19.2. The van der Waals surface area contributed by atoms with Crippen LogP contribution in [0.2, 0.25) is 0 Å². The third-order valence-corrected chi connectivity index (χ3v) is 6.91. The van der Waals surface area contributed by atoms with Gasteiger partial charge in [0.05, 0.1) is 13.5 Å². The second kappa shape index (κ2) is 8.23. The van der Waals surface area contributed by atoms with E-state index in [1.807, 2.05) is 83.8 Å². The number of halogens is 4. The Bertz CT molecular complexity index is 1160. The van der Waals surface area contributed by atoms with Crippen molar-refractivity contribution in [3.8, 4) is 0 Å². The number of para-hydroxylation sites is 1. The number of hydrogen-bond acceptors (Lipinski definition) is 2. The zero-order valence-corrected chi connectivity index (χ0v) is 18.9. The summed E-state index contributed by atoms with van der Waals surface area (Å²) in [5.74, 6) is -0.435. The third-order valence-electron chi connectivity index (χ3n) is 6.38. The Labute approximate surface area is 197 Å². The van der Waals surface area contributed by atoms with Crippen LogP contribution in [-0.2, 0) is 12.1 Å². The number of nitrogens with zero attached hydrogens (tertiary/aromatic N) is 2. The largest absolute Gasteiger partial charge is 0.401 e. The molecule has 1 fully saturated rings. The molecule has 1 saturated heterocycles. The third kappa shape index (κ3) is 3.84. The standard InChI is InChI=1S/C26H24BrF3N2/c27-21-12-10-20(11-13-21)22-14-15-32(18-26(28,29)30)25(22)17-31(16-19-6-2-1-3-7-19)24-9-5-4-8-23(24)25/h1-13,22H,14-18H2/t22-,25+/m1/s1/i15D,17D/t15?,17?,22-,25+. The van der Waals surface area contributed by atoms with E-state index < -0.39 is 37.2 Å². The van der Waals surface area contributed by atoms with Gasteiger partial charge in [-0.2, -0.15) is 13.2 Å². The van der Waals surface area contributed by atoms with Gasteiger partial charge in [0.15, 0.2) is 0 Å². The van der Waals surface area contributed by atoms with Crippen molar-refractivity contribution in [2.45, 2.75) is 30.6 Å². The highest BCUT2D eigenvalue weighted by atomic mass is 79.9. The summed E-state index contributed by atoms with van der Waals surface area (Å²) >= 11 is 3.44. The van der Waals surface area contributed by atoms with E-state index in [2.05, 4.69) is 15.9 Å². The summed E-state index contributed by atoms with van der Waals surface area (Å²) in [7, 11) is 0. The highest BCUT2D eigenvalue weighted by Crippen LogP contribution is 2.56. The van der Waals surface area contributed by atoms with Gasteiger partial charge in [-0.25, -0.2) is 0 Å². The van der Waals surface area contributed by atoms with Crippen molar-refractivity contribution in [1.82, 2.24) is 4.90 Å². The van der Waals surface area contributed by atoms with E-state index in [1.54, 1.807) is 0 Å². The summed E-state index contributed by atoms with van der Waals surface area (Å²) < 4.78 is 60.6. The van der Waals surface area contributed by atoms with Gasteiger partial charge in [0, 0.05) is 37.0 Å². The topological polar surface area (TPSA) is 6.48 Å². The summed E-state index contributed by atoms with van der Waals surface area (Å²) in [6.07, 6.45) is -4.26. The SMILES string of the molecule is [2H]C1C[C@H](c2ccc(Br)cc2)[C@@]2(c3ccccc3N(Cc3ccccc3)C2[2H])N1CC(F)(F)F. The van der Waals surface area contributed by atoms with Crippen molar-refractivity contribution in [2.24, 2.45) is 0 Å². The van der Waals surface area contributed by atoms with E-state index in [9.17, 15) is 14.5 Å². The van der Waals surface area contributed by atoms with Gasteiger partial charge in [0.2, 0.25) is 0 Å². The Kier molecular flexibility index (Phi) is 4.94. The first-order chi connectivity index (χ1) is 16.2. The fourth-order valence-electron chi connectivity index (χ4n) is 5.09.